The quantitative estimate of drug-likeness (QED) is 0.618. The van der Waals surface area contributed by atoms with Crippen molar-refractivity contribution in [1.29, 1.82) is 0 Å². The first-order valence-corrected chi connectivity index (χ1v) is 6.85. The van der Waals surface area contributed by atoms with E-state index < -0.39 is 0 Å². The van der Waals surface area contributed by atoms with Gasteiger partial charge in [0.15, 0.2) is 0 Å². The molecule has 1 rings (SSSR count). The van der Waals surface area contributed by atoms with Gasteiger partial charge in [-0.3, -0.25) is 0 Å². The molecule has 96 valence electrons. The lowest BCUT2D eigenvalue weighted by molar-refractivity contribution is 0.587. The van der Waals surface area contributed by atoms with E-state index in [4.69, 9.17) is 11.6 Å². The molecule has 0 unspecified atom stereocenters. The van der Waals surface area contributed by atoms with Crippen molar-refractivity contribution in [2.45, 2.75) is 46.1 Å². The highest BCUT2D eigenvalue weighted by Crippen LogP contribution is 2.24. The Bertz CT molecular complexity index is 352. The molecule has 0 radical (unpaired) electrons. The lowest BCUT2D eigenvalue weighted by Gasteiger charge is -2.21. The molecule has 0 aliphatic rings. The minimum atomic E-state index is 0.221. The molecule has 0 amide bonds. The number of rotatable bonds is 5. The smallest absolute Gasteiger partial charge is 0.0235 e. The van der Waals surface area contributed by atoms with Crippen LogP contribution in [0, 0.1) is 6.92 Å². The summed E-state index contributed by atoms with van der Waals surface area (Å²) in [5.41, 5.74) is 4.37. The number of benzene rings is 1. The molecule has 2 heteroatoms. The Morgan fingerprint density at radius 1 is 1.24 bits per heavy atom. The van der Waals surface area contributed by atoms with E-state index in [2.05, 4.69) is 51.2 Å². The van der Waals surface area contributed by atoms with Gasteiger partial charge in [-0.05, 0) is 42.0 Å². The van der Waals surface area contributed by atoms with Gasteiger partial charge in [0.2, 0.25) is 0 Å². The molecule has 0 aliphatic heterocycles. The number of hydrogen-bond acceptors (Lipinski definition) is 1. The van der Waals surface area contributed by atoms with E-state index in [1.807, 2.05) is 0 Å². The molecular weight excluding hydrogens is 230 g/mol. The van der Waals surface area contributed by atoms with E-state index in [0.29, 0.717) is 0 Å². The number of alkyl halides is 1. The maximum atomic E-state index is 5.66. The zero-order chi connectivity index (χ0) is 12.9. The molecule has 0 saturated carbocycles. The molecule has 1 aromatic carbocycles. The molecular formula is C15H24ClN. The fourth-order valence-electron chi connectivity index (χ4n) is 1.74. The standard InChI is InChI=1S/C15H24ClN/c1-12-6-7-14(15(2,3)4)10-13(12)11-17-9-5-8-16/h6-7,10,17H,5,8-9,11H2,1-4H3. The molecule has 0 aliphatic carbocycles. The fourth-order valence-corrected chi connectivity index (χ4v) is 1.88. The van der Waals surface area contributed by atoms with Crippen molar-refractivity contribution in [3.63, 3.8) is 0 Å². The van der Waals surface area contributed by atoms with Crippen LogP contribution in [0.5, 0.6) is 0 Å². The second-order valence-electron chi connectivity index (χ2n) is 5.61. The van der Waals surface area contributed by atoms with Crippen LogP contribution in [0.1, 0.15) is 43.9 Å². The summed E-state index contributed by atoms with van der Waals surface area (Å²) in [6.45, 7) is 10.9. The maximum absolute atomic E-state index is 5.66. The molecule has 1 aromatic rings. The molecule has 0 spiro atoms. The monoisotopic (exact) mass is 253 g/mol. The van der Waals surface area contributed by atoms with Gasteiger partial charge in [-0.25, -0.2) is 0 Å². The van der Waals surface area contributed by atoms with E-state index >= 15 is 0 Å². The van der Waals surface area contributed by atoms with Gasteiger partial charge in [-0.2, -0.15) is 0 Å². The van der Waals surface area contributed by atoms with E-state index in [-0.39, 0.29) is 5.41 Å². The van der Waals surface area contributed by atoms with Gasteiger partial charge in [0.25, 0.3) is 0 Å². The van der Waals surface area contributed by atoms with Crippen LogP contribution in [0.4, 0.5) is 0 Å². The fraction of sp³-hybridized carbons (Fsp3) is 0.600. The van der Waals surface area contributed by atoms with E-state index in [1.165, 1.54) is 16.7 Å². The predicted octanol–water partition coefficient (Wildman–Crippen LogP) is 4.01. The van der Waals surface area contributed by atoms with Gasteiger partial charge in [0, 0.05) is 12.4 Å². The normalized spacial score (nSPS) is 11.8. The van der Waals surface area contributed by atoms with Gasteiger partial charge in [-0.15, -0.1) is 11.6 Å². The summed E-state index contributed by atoms with van der Waals surface area (Å²) in [5.74, 6) is 0.730. The summed E-state index contributed by atoms with van der Waals surface area (Å²) < 4.78 is 0. The van der Waals surface area contributed by atoms with Crippen molar-refractivity contribution < 1.29 is 0 Å². The van der Waals surface area contributed by atoms with Crippen molar-refractivity contribution in [2.24, 2.45) is 0 Å². The molecule has 1 N–H and O–H groups in total. The van der Waals surface area contributed by atoms with E-state index in [1.54, 1.807) is 0 Å². The minimum Gasteiger partial charge on any atom is -0.313 e. The van der Waals surface area contributed by atoms with Crippen molar-refractivity contribution in [3.05, 3.63) is 34.9 Å². The summed E-state index contributed by atoms with van der Waals surface area (Å²) in [5, 5.41) is 3.44. The van der Waals surface area contributed by atoms with Gasteiger partial charge in [0.05, 0.1) is 0 Å². The Balaban J connectivity index is 2.70. The first-order valence-electron chi connectivity index (χ1n) is 6.32. The van der Waals surface area contributed by atoms with Gasteiger partial charge >= 0.3 is 0 Å². The van der Waals surface area contributed by atoms with Crippen molar-refractivity contribution in [2.75, 3.05) is 12.4 Å². The van der Waals surface area contributed by atoms with Crippen LogP contribution >= 0.6 is 11.6 Å². The highest BCUT2D eigenvalue weighted by molar-refractivity contribution is 6.17. The Kier molecular flexibility index (Phi) is 5.48. The summed E-state index contributed by atoms with van der Waals surface area (Å²) in [4.78, 5) is 0. The van der Waals surface area contributed by atoms with Crippen LogP contribution in [0.15, 0.2) is 18.2 Å². The maximum Gasteiger partial charge on any atom is 0.0235 e. The van der Waals surface area contributed by atoms with Gasteiger partial charge < -0.3 is 5.32 Å². The average molecular weight is 254 g/mol. The van der Waals surface area contributed by atoms with E-state index in [0.717, 1.165) is 25.4 Å². The predicted molar refractivity (Wildman–Crippen MR) is 76.9 cm³/mol. The van der Waals surface area contributed by atoms with Crippen LogP contribution < -0.4 is 5.32 Å². The number of nitrogens with one attached hydrogen (secondary N) is 1. The largest absolute Gasteiger partial charge is 0.313 e. The lowest BCUT2D eigenvalue weighted by Crippen LogP contribution is -2.17. The molecule has 0 heterocycles. The zero-order valence-electron chi connectivity index (χ0n) is 11.4. The first-order chi connectivity index (χ1) is 7.95. The number of hydrogen-bond donors (Lipinski definition) is 1. The Morgan fingerprint density at radius 2 is 1.94 bits per heavy atom. The Hall–Kier alpha value is -0.530. The SMILES string of the molecule is Cc1ccc(C(C)(C)C)cc1CNCCCCl. The average Bonchev–Trinajstić information content (AvgIpc) is 2.25. The second-order valence-corrected chi connectivity index (χ2v) is 5.99. The third kappa shape index (κ3) is 4.69. The van der Waals surface area contributed by atoms with Crippen LogP contribution in [0.25, 0.3) is 0 Å². The number of aryl methyl sites for hydroxylation is 1. The third-order valence-electron chi connectivity index (χ3n) is 3.02. The molecule has 0 saturated heterocycles. The molecule has 17 heavy (non-hydrogen) atoms. The van der Waals surface area contributed by atoms with Crippen molar-refractivity contribution >= 4 is 11.6 Å². The summed E-state index contributed by atoms with van der Waals surface area (Å²) >= 11 is 5.66. The van der Waals surface area contributed by atoms with E-state index in [9.17, 15) is 0 Å². The highest BCUT2D eigenvalue weighted by atomic mass is 35.5. The minimum absolute atomic E-state index is 0.221. The van der Waals surface area contributed by atoms with Gasteiger partial charge in [0.1, 0.15) is 0 Å². The van der Waals surface area contributed by atoms with Crippen LogP contribution in [-0.4, -0.2) is 12.4 Å². The molecule has 0 atom stereocenters. The zero-order valence-corrected chi connectivity index (χ0v) is 12.2. The molecule has 0 bridgehead atoms. The number of halogens is 1. The molecule has 0 fully saturated rings. The van der Waals surface area contributed by atoms with Crippen LogP contribution in [0.2, 0.25) is 0 Å². The Labute approximate surface area is 111 Å². The Morgan fingerprint density at radius 3 is 2.53 bits per heavy atom. The molecule has 0 aromatic heterocycles. The molecule has 1 nitrogen and oxygen atoms in total. The van der Waals surface area contributed by atoms with Gasteiger partial charge in [-0.1, -0.05) is 39.0 Å². The van der Waals surface area contributed by atoms with Crippen LogP contribution in [0.3, 0.4) is 0 Å². The second kappa shape index (κ2) is 6.42. The first kappa shape index (κ1) is 14.5. The summed E-state index contributed by atoms with van der Waals surface area (Å²) in [6, 6.07) is 6.78. The topological polar surface area (TPSA) is 12.0 Å². The van der Waals surface area contributed by atoms with Crippen LogP contribution in [-0.2, 0) is 12.0 Å². The van der Waals surface area contributed by atoms with Crippen molar-refractivity contribution in [1.82, 2.24) is 5.32 Å². The van der Waals surface area contributed by atoms with Crippen molar-refractivity contribution in [3.8, 4) is 0 Å². The highest BCUT2D eigenvalue weighted by Gasteiger charge is 2.14. The lowest BCUT2D eigenvalue weighted by atomic mass is 9.85. The summed E-state index contributed by atoms with van der Waals surface area (Å²) in [6.07, 6.45) is 1.03. The summed E-state index contributed by atoms with van der Waals surface area (Å²) in [7, 11) is 0. The third-order valence-corrected chi connectivity index (χ3v) is 3.29.